The summed E-state index contributed by atoms with van der Waals surface area (Å²) < 4.78 is 6.67. The number of aromatic nitrogens is 2. The van der Waals surface area contributed by atoms with E-state index in [0.29, 0.717) is 17.0 Å². The molecule has 4 aromatic carbocycles. The van der Waals surface area contributed by atoms with Gasteiger partial charge in [-0.25, -0.2) is 4.98 Å². The zero-order valence-corrected chi connectivity index (χ0v) is 31.9. The number of fused-ring (bicyclic) bond motifs is 1. The first-order valence-electron chi connectivity index (χ1n) is 17.7. The van der Waals surface area contributed by atoms with Crippen LogP contribution >= 0.6 is 0 Å². The van der Waals surface area contributed by atoms with E-state index in [1.807, 2.05) is 18.3 Å². The fourth-order valence-electron chi connectivity index (χ4n) is 6.38. The van der Waals surface area contributed by atoms with Gasteiger partial charge in [-0.05, 0) is 104 Å². The molecule has 0 fully saturated rings. The molecule has 1 N–H and O–H groups in total. The Hall–Kier alpha value is -4.70. The predicted molar refractivity (Wildman–Crippen MR) is 210 cm³/mol. The molecule has 0 spiro atoms. The smallest absolute Gasteiger partial charge is 0.231 e. The molecule has 6 rings (SSSR count). The molecule has 0 saturated heterocycles. The second kappa shape index (κ2) is 12.3. The van der Waals surface area contributed by atoms with Crippen molar-refractivity contribution in [1.82, 2.24) is 9.97 Å². The Morgan fingerprint density at radius 2 is 1.10 bits per heavy atom. The average Bonchev–Trinajstić information content (AvgIpc) is 3.47. The highest BCUT2D eigenvalue weighted by molar-refractivity contribution is 5.95. The molecule has 0 amide bonds. The van der Waals surface area contributed by atoms with Crippen LogP contribution in [0.5, 0.6) is 5.75 Å². The average molecular weight is 665 g/mol. The summed E-state index contributed by atoms with van der Waals surface area (Å²) >= 11 is 0. The van der Waals surface area contributed by atoms with E-state index < -0.39 is 0 Å². The first kappa shape index (κ1) is 35.1. The molecule has 0 unspecified atom stereocenters. The van der Waals surface area contributed by atoms with Crippen LogP contribution in [-0.4, -0.2) is 15.1 Å². The molecular weight excluding hydrogens is 613 g/mol. The molecule has 4 nitrogen and oxygen atoms in total. The zero-order chi connectivity index (χ0) is 36.4. The van der Waals surface area contributed by atoms with Crippen LogP contribution in [0.3, 0.4) is 0 Å². The van der Waals surface area contributed by atoms with Gasteiger partial charge in [-0.1, -0.05) is 119 Å². The molecule has 0 bridgehead atoms. The summed E-state index contributed by atoms with van der Waals surface area (Å²) in [6.45, 7) is 26.3. The second-order valence-corrected chi connectivity index (χ2v) is 17.9. The minimum absolute atomic E-state index is 0.00934. The molecule has 6 aromatic rings. The summed E-state index contributed by atoms with van der Waals surface area (Å²) in [5.74, 6) is 0.633. The quantitative estimate of drug-likeness (QED) is 0.204. The summed E-state index contributed by atoms with van der Waals surface area (Å²) in [4.78, 5) is 10.1. The Kier molecular flexibility index (Phi) is 8.62. The lowest BCUT2D eigenvalue weighted by Gasteiger charge is -2.27. The fraction of sp³-hybridized carbons (Fsp3) is 0.348. The number of nitrogens with zero attached hydrogens (tertiary/aromatic N) is 2. The van der Waals surface area contributed by atoms with Crippen LogP contribution in [0.25, 0.3) is 56.1 Å². The van der Waals surface area contributed by atoms with Crippen LogP contribution in [0.1, 0.15) is 105 Å². The van der Waals surface area contributed by atoms with Crippen molar-refractivity contribution in [1.29, 1.82) is 0 Å². The van der Waals surface area contributed by atoms with E-state index in [1.54, 1.807) is 0 Å². The van der Waals surface area contributed by atoms with Crippen LogP contribution in [-0.2, 0) is 21.7 Å². The normalized spacial score (nSPS) is 12.9. The Morgan fingerprint density at radius 3 is 1.72 bits per heavy atom. The highest BCUT2D eigenvalue weighted by atomic mass is 16.3. The molecule has 0 radical (unpaired) electrons. The Labute approximate surface area is 298 Å². The number of pyridine rings is 1. The first-order chi connectivity index (χ1) is 23.2. The zero-order valence-electron chi connectivity index (χ0n) is 31.9. The minimum Gasteiger partial charge on any atom is -0.507 e. The number of aromatic hydroxyl groups is 1. The van der Waals surface area contributed by atoms with Crippen LogP contribution in [0, 0.1) is 0 Å². The van der Waals surface area contributed by atoms with Gasteiger partial charge in [0.15, 0.2) is 5.58 Å². The highest BCUT2D eigenvalue weighted by Crippen LogP contribution is 2.45. The summed E-state index contributed by atoms with van der Waals surface area (Å²) in [6.07, 6.45) is 1.91. The molecule has 0 aliphatic heterocycles. The maximum atomic E-state index is 11.8. The van der Waals surface area contributed by atoms with E-state index in [4.69, 9.17) is 14.4 Å². The molecule has 0 atom stereocenters. The SMILES string of the molecule is CC(C)(C)c1ccnc(-c2cc(-c3ccccc3)cc(-c3cc(C(C)(C)C)cc4oc(-c5cc(C(C)(C)C)cc(C(C)(C)C)c5O)nc34)c2)c1. The molecule has 4 heteroatoms. The van der Waals surface area contributed by atoms with Gasteiger partial charge in [0.05, 0.1) is 11.3 Å². The number of hydrogen-bond acceptors (Lipinski definition) is 4. The molecule has 0 aliphatic rings. The summed E-state index contributed by atoms with van der Waals surface area (Å²) in [7, 11) is 0. The standard InChI is InChI=1S/C46H52N2O2/c1-43(2,3)32-18-19-47-38(26-32)31-21-29(28-16-14-13-15-17-28)20-30(22-31)35-23-34(45(7,8)9)27-39-40(35)48-42(50-39)36-24-33(44(4,5)6)25-37(41(36)49)46(10,11)12/h13-27,49H,1-12H3. The molecule has 50 heavy (non-hydrogen) atoms. The number of hydrogen-bond donors (Lipinski definition) is 1. The van der Waals surface area contributed by atoms with E-state index in [-0.39, 0.29) is 27.4 Å². The van der Waals surface area contributed by atoms with E-state index >= 15 is 0 Å². The van der Waals surface area contributed by atoms with Crippen molar-refractivity contribution in [2.75, 3.05) is 0 Å². The number of oxazole rings is 1. The first-order valence-corrected chi connectivity index (χ1v) is 17.7. The number of benzene rings is 4. The highest BCUT2D eigenvalue weighted by Gasteiger charge is 2.28. The minimum atomic E-state index is -0.275. The van der Waals surface area contributed by atoms with Crippen LogP contribution < -0.4 is 0 Å². The van der Waals surface area contributed by atoms with Crippen molar-refractivity contribution in [3.63, 3.8) is 0 Å². The van der Waals surface area contributed by atoms with Gasteiger partial charge >= 0.3 is 0 Å². The van der Waals surface area contributed by atoms with E-state index in [0.717, 1.165) is 55.7 Å². The van der Waals surface area contributed by atoms with Crippen molar-refractivity contribution in [2.24, 2.45) is 0 Å². The Morgan fingerprint density at radius 1 is 0.520 bits per heavy atom. The van der Waals surface area contributed by atoms with Crippen LogP contribution in [0.15, 0.2) is 95.5 Å². The molecule has 0 aliphatic carbocycles. The molecule has 0 saturated carbocycles. The monoisotopic (exact) mass is 664 g/mol. The third-order valence-electron chi connectivity index (χ3n) is 9.65. The van der Waals surface area contributed by atoms with E-state index in [1.165, 1.54) is 5.56 Å². The lowest BCUT2D eigenvalue weighted by molar-refractivity contribution is 0.444. The van der Waals surface area contributed by atoms with Gasteiger partial charge in [-0.3, -0.25) is 4.98 Å². The van der Waals surface area contributed by atoms with Crippen molar-refractivity contribution < 1.29 is 9.52 Å². The van der Waals surface area contributed by atoms with Gasteiger partial charge in [0, 0.05) is 22.9 Å². The number of phenols is 1. The topological polar surface area (TPSA) is 59.2 Å². The van der Waals surface area contributed by atoms with Crippen molar-refractivity contribution >= 4 is 11.1 Å². The molecule has 2 aromatic heterocycles. The number of rotatable bonds is 4. The van der Waals surface area contributed by atoms with E-state index in [2.05, 4.69) is 156 Å². The van der Waals surface area contributed by atoms with Gasteiger partial charge in [-0.2, -0.15) is 0 Å². The van der Waals surface area contributed by atoms with Gasteiger partial charge in [0.25, 0.3) is 0 Å². The van der Waals surface area contributed by atoms with Crippen LogP contribution in [0.4, 0.5) is 0 Å². The Bertz CT molecular complexity index is 2200. The van der Waals surface area contributed by atoms with E-state index in [9.17, 15) is 5.11 Å². The predicted octanol–water partition coefficient (Wildman–Crippen LogP) is 12.8. The summed E-state index contributed by atoms with van der Waals surface area (Å²) in [5.41, 5.74) is 12.1. The third kappa shape index (κ3) is 6.99. The molecular formula is C46H52N2O2. The van der Waals surface area contributed by atoms with Crippen molar-refractivity contribution in [3.05, 3.63) is 113 Å². The third-order valence-corrected chi connectivity index (χ3v) is 9.65. The second-order valence-electron chi connectivity index (χ2n) is 17.9. The lowest BCUT2D eigenvalue weighted by atomic mass is 9.79. The van der Waals surface area contributed by atoms with Gasteiger partial charge < -0.3 is 9.52 Å². The summed E-state index contributed by atoms with van der Waals surface area (Å²) in [6, 6.07) is 30.1. The summed E-state index contributed by atoms with van der Waals surface area (Å²) in [5, 5.41) is 11.8. The Balaban J connectivity index is 1.65. The largest absolute Gasteiger partial charge is 0.507 e. The van der Waals surface area contributed by atoms with Gasteiger partial charge in [-0.15, -0.1) is 0 Å². The fourth-order valence-corrected chi connectivity index (χ4v) is 6.38. The molecule has 2 heterocycles. The van der Waals surface area contributed by atoms with Gasteiger partial charge in [0.1, 0.15) is 11.3 Å². The van der Waals surface area contributed by atoms with Crippen molar-refractivity contribution in [2.45, 2.75) is 105 Å². The number of phenolic OH excluding ortho intramolecular Hbond substituents is 1. The van der Waals surface area contributed by atoms with Gasteiger partial charge in [0.2, 0.25) is 5.89 Å². The maximum absolute atomic E-state index is 11.8. The lowest BCUT2D eigenvalue weighted by Crippen LogP contribution is -2.17. The van der Waals surface area contributed by atoms with Crippen molar-refractivity contribution in [3.8, 4) is 50.7 Å². The maximum Gasteiger partial charge on any atom is 0.231 e. The molecule has 258 valence electrons. The van der Waals surface area contributed by atoms with Crippen LogP contribution in [0.2, 0.25) is 0 Å².